The molecule has 2 bridgehead atoms. The van der Waals surface area contributed by atoms with Gasteiger partial charge in [-0.25, -0.2) is 9.19 Å². The lowest BCUT2D eigenvalue weighted by Crippen LogP contribution is -2.44. The third-order valence-corrected chi connectivity index (χ3v) is 11.4. The van der Waals surface area contributed by atoms with Crippen molar-refractivity contribution in [2.75, 3.05) is 45.4 Å². The first-order valence-electron chi connectivity index (χ1n) is 15.9. The summed E-state index contributed by atoms with van der Waals surface area (Å²) in [7, 11) is 1.80. The summed E-state index contributed by atoms with van der Waals surface area (Å²) < 4.78 is 34.0. The minimum atomic E-state index is -1.62. The molecule has 1 aromatic carbocycles. The van der Waals surface area contributed by atoms with E-state index in [9.17, 15) is 9.00 Å². The van der Waals surface area contributed by atoms with Crippen molar-refractivity contribution in [3.8, 4) is 5.75 Å². The van der Waals surface area contributed by atoms with Gasteiger partial charge in [0.25, 0.3) is 5.91 Å². The van der Waals surface area contributed by atoms with E-state index in [2.05, 4.69) is 47.8 Å². The number of fused-ring (bicyclic) bond motifs is 2. The van der Waals surface area contributed by atoms with Gasteiger partial charge in [0, 0.05) is 44.9 Å². The van der Waals surface area contributed by atoms with E-state index < -0.39 is 16.9 Å². The van der Waals surface area contributed by atoms with Gasteiger partial charge in [-0.15, -0.1) is 0 Å². The van der Waals surface area contributed by atoms with Crippen molar-refractivity contribution in [1.29, 1.82) is 0 Å². The normalized spacial score (nSPS) is 29.9. The molecule has 0 saturated heterocycles. The van der Waals surface area contributed by atoms with Crippen LogP contribution in [0.1, 0.15) is 73.5 Å². The maximum absolute atomic E-state index is 13.5. The Kier molecular flexibility index (Phi) is 11.4. The van der Waals surface area contributed by atoms with Crippen LogP contribution in [0.3, 0.4) is 0 Å². The number of aromatic nitrogens is 1. The van der Waals surface area contributed by atoms with Gasteiger partial charge in [-0.1, -0.05) is 50.1 Å². The maximum Gasteiger partial charge on any atom is 0.281 e. The Morgan fingerprint density at radius 3 is 2.75 bits per heavy atom. The molecule has 1 aliphatic carbocycles. The number of nitrogens with one attached hydrogen (secondary N) is 1. The molecule has 7 unspecified atom stereocenters. The van der Waals surface area contributed by atoms with E-state index in [-0.39, 0.29) is 28.9 Å². The number of methoxy groups -OCH3 is 2. The van der Waals surface area contributed by atoms with Crippen molar-refractivity contribution in [3.05, 3.63) is 64.3 Å². The number of aryl methyl sites for hydroxylation is 1. The summed E-state index contributed by atoms with van der Waals surface area (Å²) in [4.78, 5) is 20.6. The molecular formula is C34H46ClN3O5S. The number of allylic oxidation sites excluding steroid dienone is 1. The Morgan fingerprint density at radius 2 is 2.02 bits per heavy atom. The van der Waals surface area contributed by atoms with Crippen molar-refractivity contribution in [3.63, 3.8) is 0 Å². The van der Waals surface area contributed by atoms with E-state index in [1.807, 2.05) is 12.1 Å². The van der Waals surface area contributed by atoms with Gasteiger partial charge < -0.3 is 19.1 Å². The molecule has 3 heterocycles. The molecule has 2 aromatic rings. The minimum absolute atomic E-state index is 0.00157. The average molecular weight is 644 g/mol. The van der Waals surface area contributed by atoms with Crippen LogP contribution in [0, 0.1) is 17.8 Å². The number of ether oxygens (including phenoxy) is 3. The highest BCUT2D eigenvalue weighted by molar-refractivity contribution is 7.84. The zero-order chi connectivity index (χ0) is 31.2. The molecule has 1 aromatic heterocycles. The van der Waals surface area contributed by atoms with Crippen LogP contribution >= 0.6 is 11.6 Å². The summed E-state index contributed by atoms with van der Waals surface area (Å²) in [6.07, 6.45) is 9.80. The van der Waals surface area contributed by atoms with Crippen LogP contribution in [0.2, 0.25) is 5.02 Å². The molecule has 44 heavy (non-hydrogen) atoms. The van der Waals surface area contributed by atoms with Crippen LogP contribution in [-0.4, -0.2) is 67.0 Å². The summed E-state index contributed by atoms with van der Waals surface area (Å²) in [5.74, 6) is 1.80. The molecule has 5 rings (SSSR count). The van der Waals surface area contributed by atoms with Crippen molar-refractivity contribution >= 4 is 34.3 Å². The highest BCUT2D eigenvalue weighted by Gasteiger charge is 2.39. The summed E-state index contributed by atoms with van der Waals surface area (Å²) in [6.45, 7) is 6.68. The molecule has 7 atom stereocenters. The molecule has 10 heteroatoms. The van der Waals surface area contributed by atoms with Crippen LogP contribution in [0.25, 0.3) is 0 Å². The van der Waals surface area contributed by atoms with Crippen LogP contribution in [0.15, 0.2) is 42.5 Å². The second-order valence-corrected chi connectivity index (χ2v) is 14.3. The Hall–Kier alpha value is -2.46. The number of nitrogens with zero attached hydrogens (tertiary/aromatic N) is 2. The number of carbonyl (C=O) groups excluding carboxylic acids is 1. The van der Waals surface area contributed by atoms with Gasteiger partial charge in [0.05, 0.1) is 18.0 Å². The van der Waals surface area contributed by atoms with Crippen molar-refractivity contribution in [2.24, 2.45) is 17.8 Å². The van der Waals surface area contributed by atoms with E-state index in [1.54, 1.807) is 20.3 Å². The summed E-state index contributed by atoms with van der Waals surface area (Å²) in [6, 6.07) is 9.67. The predicted molar refractivity (Wildman–Crippen MR) is 176 cm³/mol. The molecule has 8 nitrogen and oxygen atoms in total. The van der Waals surface area contributed by atoms with E-state index >= 15 is 0 Å². The number of hydrogen-bond donors (Lipinski definition) is 1. The van der Waals surface area contributed by atoms with Gasteiger partial charge in [-0.05, 0) is 85.3 Å². The summed E-state index contributed by atoms with van der Waals surface area (Å²) in [5.41, 5.74) is 2.71. The number of rotatable bonds is 7. The van der Waals surface area contributed by atoms with Gasteiger partial charge in [0.15, 0.2) is 11.6 Å². The Balaban J connectivity index is 1.52. The summed E-state index contributed by atoms with van der Waals surface area (Å²) >= 11 is 6.41. The second-order valence-electron chi connectivity index (χ2n) is 12.4. The fourth-order valence-electron chi connectivity index (χ4n) is 6.87. The van der Waals surface area contributed by atoms with Crippen LogP contribution < -0.4 is 14.4 Å². The Morgan fingerprint density at radius 1 is 1.18 bits per heavy atom. The van der Waals surface area contributed by atoms with E-state index in [1.165, 1.54) is 11.1 Å². The monoisotopic (exact) mass is 643 g/mol. The molecule has 240 valence electrons. The molecule has 0 radical (unpaired) electrons. The zero-order valence-corrected chi connectivity index (χ0v) is 27.9. The van der Waals surface area contributed by atoms with Crippen molar-refractivity contribution < 1.29 is 23.2 Å². The molecule has 3 aliphatic rings. The number of hydrogen-bond acceptors (Lipinski definition) is 7. The number of carbonyl (C=O) groups is 1. The number of anilines is 1. The Bertz CT molecular complexity index is 1360. The van der Waals surface area contributed by atoms with Gasteiger partial charge in [-0.3, -0.25) is 9.52 Å². The SMILES string of the molecule is CCCc1cc(Cl)ccc1C1COc2ccc3nc2N(C1)CC1CCC1C(OC)/C=C/CC(C)C(CCOC)S(=O)NC3=O. The highest BCUT2D eigenvalue weighted by atomic mass is 35.5. The fraction of sp³-hybridized carbons (Fsp3) is 0.588. The zero-order valence-electron chi connectivity index (χ0n) is 26.3. The third-order valence-electron chi connectivity index (χ3n) is 9.48. The Labute approximate surface area is 269 Å². The van der Waals surface area contributed by atoms with Gasteiger partial charge in [-0.2, -0.15) is 0 Å². The van der Waals surface area contributed by atoms with E-state index in [0.29, 0.717) is 49.6 Å². The summed E-state index contributed by atoms with van der Waals surface area (Å²) in [5, 5.41) is 0.469. The van der Waals surface area contributed by atoms with Crippen molar-refractivity contribution in [1.82, 2.24) is 9.71 Å². The van der Waals surface area contributed by atoms with Crippen LogP contribution in [-0.2, 0) is 26.9 Å². The van der Waals surface area contributed by atoms with E-state index in [0.717, 1.165) is 43.7 Å². The maximum atomic E-state index is 13.5. The molecule has 1 amide bonds. The van der Waals surface area contributed by atoms with Gasteiger partial charge in [0.1, 0.15) is 16.7 Å². The van der Waals surface area contributed by atoms with Gasteiger partial charge in [0.2, 0.25) is 0 Å². The number of halogens is 1. The molecular weight excluding hydrogens is 598 g/mol. The minimum Gasteiger partial charge on any atom is -0.489 e. The third kappa shape index (κ3) is 7.49. The topological polar surface area (TPSA) is 90.0 Å². The predicted octanol–water partition coefficient (Wildman–Crippen LogP) is 6.11. The lowest BCUT2D eigenvalue weighted by molar-refractivity contribution is 0.0134. The fourth-order valence-corrected chi connectivity index (χ4v) is 8.35. The molecule has 2 aliphatic heterocycles. The number of benzene rings is 1. The molecule has 1 saturated carbocycles. The first-order chi connectivity index (χ1) is 21.3. The quantitative estimate of drug-likeness (QED) is 0.365. The molecule has 0 spiro atoms. The highest BCUT2D eigenvalue weighted by Crippen LogP contribution is 2.42. The standard InChI is InChI=1S/C34H46ClN3O5S/c1-5-7-23-18-26(35)11-13-27(23)25-20-38-19-24-10-12-28(24)30(42-4)9-6-8-22(2)32(16-17-41-3)44(40)37-34(39)29-14-15-31(43-21-25)33(38)36-29/h6,9,11,13-15,18,22,24-25,28,30,32H,5,7-8,10,12,16-17,19-21H2,1-4H3,(H,37,39)/b9-6+. The van der Waals surface area contributed by atoms with Gasteiger partial charge >= 0.3 is 0 Å². The van der Waals surface area contributed by atoms with Crippen molar-refractivity contribution in [2.45, 2.75) is 69.6 Å². The van der Waals surface area contributed by atoms with E-state index in [4.69, 9.17) is 30.8 Å². The number of amides is 1. The lowest BCUT2D eigenvalue weighted by Gasteiger charge is -2.43. The lowest BCUT2D eigenvalue weighted by atomic mass is 9.70. The molecule has 1 N–H and O–H groups in total. The smallest absolute Gasteiger partial charge is 0.281 e. The first kappa shape index (κ1) is 32.9. The second kappa shape index (κ2) is 15.2. The first-order valence-corrected chi connectivity index (χ1v) is 17.5. The van der Waals surface area contributed by atoms with Crippen LogP contribution in [0.4, 0.5) is 5.82 Å². The number of pyridine rings is 1. The largest absolute Gasteiger partial charge is 0.489 e. The van der Waals surface area contributed by atoms with Crippen LogP contribution in [0.5, 0.6) is 5.75 Å². The molecule has 1 fully saturated rings. The average Bonchev–Trinajstić information content (AvgIpc) is 3.17.